The number of aliphatic carboxylic acids is 1. The van der Waals surface area contributed by atoms with E-state index in [1.54, 1.807) is 12.1 Å². The largest absolute Gasteiger partial charge is 0.492 e. The third-order valence-corrected chi connectivity index (χ3v) is 3.47. The van der Waals surface area contributed by atoms with Crippen molar-refractivity contribution in [3.8, 4) is 11.5 Å². The second-order valence-corrected chi connectivity index (χ2v) is 5.05. The number of carboxylic acid groups (broad SMARTS) is 1. The summed E-state index contributed by atoms with van der Waals surface area (Å²) < 4.78 is 11.4. The molecular weight excluding hydrogens is 280 g/mol. The van der Waals surface area contributed by atoms with Crippen LogP contribution in [-0.4, -0.2) is 17.7 Å². The first-order valence-corrected chi connectivity index (χ1v) is 7.10. The van der Waals surface area contributed by atoms with Crippen LogP contribution in [0.25, 0.3) is 6.08 Å². The van der Waals surface area contributed by atoms with E-state index in [4.69, 9.17) is 14.6 Å². The SMILES string of the molecule is O=C(O)C1=Cc2ccc(OCc3ccccc3)cc2OCC1. The van der Waals surface area contributed by atoms with Crippen molar-refractivity contribution < 1.29 is 19.4 Å². The molecule has 1 aliphatic rings. The van der Waals surface area contributed by atoms with Crippen LogP contribution in [-0.2, 0) is 11.4 Å². The molecule has 0 radical (unpaired) electrons. The lowest BCUT2D eigenvalue weighted by atomic mass is 10.1. The van der Waals surface area contributed by atoms with Crippen molar-refractivity contribution in [3.05, 3.63) is 65.2 Å². The van der Waals surface area contributed by atoms with E-state index in [-0.39, 0.29) is 0 Å². The van der Waals surface area contributed by atoms with E-state index in [9.17, 15) is 4.79 Å². The molecule has 0 fully saturated rings. The molecule has 0 unspecified atom stereocenters. The quantitative estimate of drug-likeness (QED) is 0.938. The molecule has 112 valence electrons. The van der Waals surface area contributed by atoms with Crippen LogP contribution in [0, 0.1) is 0 Å². The molecule has 0 saturated heterocycles. The topological polar surface area (TPSA) is 55.8 Å². The molecule has 0 amide bonds. The summed E-state index contributed by atoms with van der Waals surface area (Å²) in [6.45, 7) is 0.836. The van der Waals surface area contributed by atoms with Gasteiger partial charge in [-0.2, -0.15) is 0 Å². The summed E-state index contributed by atoms with van der Waals surface area (Å²) in [5.74, 6) is 0.456. The van der Waals surface area contributed by atoms with Gasteiger partial charge >= 0.3 is 5.97 Å². The highest BCUT2D eigenvalue weighted by molar-refractivity contribution is 5.92. The van der Waals surface area contributed by atoms with Gasteiger partial charge in [0.25, 0.3) is 0 Å². The molecule has 1 aliphatic heterocycles. The van der Waals surface area contributed by atoms with E-state index in [1.165, 1.54) is 0 Å². The van der Waals surface area contributed by atoms with Gasteiger partial charge in [-0.05, 0) is 23.8 Å². The Morgan fingerprint density at radius 3 is 2.77 bits per heavy atom. The van der Waals surface area contributed by atoms with Crippen LogP contribution >= 0.6 is 0 Å². The minimum Gasteiger partial charge on any atom is -0.492 e. The second-order valence-electron chi connectivity index (χ2n) is 5.05. The average molecular weight is 296 g/mol. The number of rotatable bonds is 4. The van der Waals surface area contributed by atoms with Crippen LogP contribution in [0.1, 0.15) is 17.5 Å². The van der Waals surface area contributed by atoms with E-state index in [1.807, 2.05) is 42.5 Å². The van der Waals surface area contributed by atoms with Gasteiger partial charge in [0.15, 0.2) is 0 Å². The molecule has 0 aliphatic carbocycles. The van der Waals surface area contributed by atoms with Crippen LogP contribution in [0.3, 0.4) is 0 Å². The van der Waals surface area contributed by atoms with Gasteiger partial charge in [-0.15, -0.1) is 0 Å². The lowest BCUT2D eigenvalue weighted by Gasteiger charge is -2.10. The van der Waals surface area contributed by atoms with Crippen molar-refractivity contribution in [1.82, 2.24) is 0 Å². The predicted octanol–water partition coefficient (Wildman–Crippen LogP) is 3.52. The van der Waals surface area contributed by atoms with Crippen molar-refractivity contribution in [2.24, 2.45) is 0 Å². The summed E-state index contributed by atoms with van der Waals surface area (Å²) in [5.41, 5.74) is 2.21. The zero-order valence-electron chi connectivity index (χ0n) is 12.0. The summed E-state index contributed by atoms with van der Waals surface area (Å²) in [4.78, 5) is 11.1. The molecule has 2 aromatic carbocycles. The number of benzene rings is 2. The summed E-state index contributed by atoms with van der Waals surface area (Å²) in [5, 5.41) is 9.11. The van der Waals surface area contributed by atoms with Gasteiger partial charge < -0.3 is 14.6 Å². The van der Waals surface area contributed by atoms with E-state index in [0.29, 0.717) is 36.7 Å². The first kappa shape index (κ1) is 14.2. The van der Waals surface area contributed by atoms with Crippen molar-refractivity contribution in [2.75, 3.05) is 6.61 Å². The smallest absolute Gasteiger partial charge is 0.331 e. The van der Waals surface area contributed by atoms with Gasteiger partial charge in [0.2, 0.25) is 0 Å². The van der Waals surface area contributed by atoms with Gasteiger partial charge in [-0.1, -0.05) is 30.3 Å². The first-order valence-electron chi connectivity index (χ1n) is 7.10. The highest BCUT2D eigenvalue weighted by Crippen LogP contribution is 2.30. The molecule has 3 rings (SSSR count). The zero-order chi connectivity index (χ0) is 15.4. The fourth-order valence-corrected chi connectivity index (χ4v) is 2.29. The molecule has 0 saturated carbocycles. The van der Waals surface area contributed by atoms with Crippen LogP contribution in [0.2, 0.25) is 0 Å². The van der Waals surface area contributed by atoms with Crippen molar-refractivity contribution in [1.29, 1.82) is 0 Å². The Bertz CT molecular complexity index is 704. The summed E-state index contributed by atoms with van der Waals surface area (Å²) in [7, 11) is 0. The number of fused-ring (bicyclic) bond motifs is 1. The fraction of sp³-hybridized carbons (Fsp3) is 0.167. The monoisotopic (exact) mass is 296 g/mol. The third kappa shape index (κ3) is 3.28. The Labute approximate surface area is 128 Å². The van der Waals surface area contributed by atoms with Crippen molar-refractivity contribution >= 4 is 12.0 Å². The number of hydrogen-bond acceptors (Lipinski definition) is 3. The van der Waals surface area contributed by atoms with Crippen LogP contribution < -0.4 is 9.47 Å². The summed E-state index contributed by atoms with van der Waals surface area (Å²) >= 11 is 0. The Kier molecular flexibility index (Phi) is 4.10. The maximum atomic E-state index is 11.1. The third-order valence-electron chi connectivity index (χ3n) is 3.47. The molecule has 2 aromatic rings. The Hall–Kier alpha value is -2.75. The molecule has 22 heavy (non-hydrogen) atoms. The summed E-state index contributed by atoms with van der Waals surface area (Å²) in [6.07, 6.45) is 2.05. The Balaban J connectivity index is 1.77. The lowest BCUT2D eigenvalue weighted by molar-refractivity contribution is -0.132. The summed E-state index contributed by atoms with van der Waals surface area (Å²) in [6, 6.07) is 15.4. The fourth-order valence-electron chi connectivity index (χ4n) is 2.29. The van der Waals surface area contributed by atoms with E-state index < -0.39 is 5.97 Å². The highest BCUT2D eigenvalue weighted by atomic mass is 16.5. The van der Waals surface area contributed by atoms with E-state index >= 15 is 0 Å². The van der Waals surface area contributed by atoms with Crippen LogP contribution in [0.5, 0.6) is 11.5 Å². The van der Waals surface area contributed by atoms with Gasteiger partial charge in [0.05, 0.1) is 6.61 Å². The zero-order valence-corrected chi connectivity index (χ0v) is 12.0. The van der Waals surface area contributed by atoms with Gasteiger partial charge in [0, 0.05) is 23.6 Å². The second kappa shape index (κ2) is 6.35. The molecule has 0 atom stereocenters. The normalized spacial score (nSPS) is 13.4. The minimum absolute atomic E-state index is 0.354. The molecule has 4 nitrogen and oxygen atoms in total. The van der Waals surface area contributed by atoms with Gasteiger partial charge in [0.1, 0.15) is 18.1 Å². The molecule has 1 N–H and O–H groups in total. The van der Waals surface area contributed by atoms with Crippen molar-refractivity contribution in [3.63, 3.8) is 0 Å². The number of carbonyl (C=O) groups is 1. The molecule has 0 spiro atoms. The lowest BCUT2D eigenvalue weighted by Crippen LogP contribution is -2.03. The molecular formula is C18H16O4. The maximum Gasteiger partial charge on any atom is 0.331 e. The molecule has 0 bridgehead atoms. The number of hydrogen-bond donors (Lipinski definition) is 1. The minimum atomic E-state index is -0.902. The Morgan fingerprint density at radius 2 is 2.00 bits per heavy atom. The number of carboxylic acids is 1. The van der Waals surface area contributed by atoms with Gasteiger partial charge in [-0.3, -0.25) is 0 Å². The number of ether oxygens (including phenoxy) is 2. The first-order chi connectivity index (χ1) is 10.7. The molecule has 0 aromatic heterocycles. The molecule has 4 heteroatoms. The maximum absolute atomic E-state index is 11.1. The van der Waals surface area contributed by atoms with Crippen LogP contribution in [0.4, 0.5) is 0 Å². The standard InChI is InChI=1S/C18H16O4/c19-18(20)15-8-9-21-17-11-16(7-6-14(17)10-15)22-12-13-4-2-1-3-5-13/h1-7,10-11H,8-9,12H2,(H,19,20). The van der Waals surface area contributed by atoms with Crippen LogP contribution in [0.15, 0.2) is 54.1 Å². The molecule has 1 heterocycles. The Morgan fingerprint density at radius 1 is 1.18 bits per heavy atom. The average Bonchev–Trinajstić information content (AvgIpc) is 2.76. The van der Waals surface area contributed by atoms with Gasteiger partial charge in [-0.25, -0.2) is 4.79 Å². The predicted molar refractivity (Wildman–Crippen MR) is 82.9 cm³/mol. The van der Waals surface area contributed by atoms with E-state index in [0.717, 1.165) is 11.1 Å². The highest BCUT2D eigenvalue weighted by Gasteiger charge is 2.15. The van der Waals surface area contributed by atoms with E-state index in [2.05, 4.69) is 0 Å². The van der Waals surface area contributed by atoms with Crippen molar-refractivity contribution in [2.45, 2.75) is 13.0 Å².